The van der Waals surface area contributed by atoms with E-state index in [-0.39, 0.29) is 17.4 Å². The molecule has 0 saturated carbocycles. The summed E-state index contributed by atoms with van der Waals surface area (Å²) in [6, 6.07) is 9.92. The van der Waals surface area contributed by atoms with Gasteiger partial charge in [0.25, 0.3) is 0 Å². The number of ether oxygens (including phenoxy) is 1. The van der Waals surface area contributed by atoms with Gasteiger partial charge in [-0.15, -0.1) is 11.3 Å². The van der Waals surface area contributed by atoms with Crippen LogP contribution in [0.25, 0.3) is 0 Å². The second-order valence-corrected chi connectivity index (χ2v) is 12.2. The fourth-order valence-corrected chi connectivity index (χ4v) is 6.68. The van der Waals surface area contributed by atoms with E-state index in [0.717, 1.165) is 60.4 Å². The highest BCUT2D eigenvalue weighted by molar-refractivity contribution is 7.16. The number of rotatable bonds is 8. The number of likely N-dealkylation sites (tertiary alicyclic amines) is 1. The minimum Gasteiger partial charge on any atom is -0.479 e. The average molecular weight is 618 g/mol. The van der Waals surface area contributed by atoms with E-state index in [1.54, 1.807) is 16.2 Å². The van der Waals surface area contributed by atoms with Gasteiger partial charge >= 0.3 is 11.9 Å². The van der Waals surface area contributed by atoms with E-state index in [1.165, 1.54) is 10.4 Å². The van der Waals surface area contributed by atoms with E-state index in [2.05, 4.69) is 11.0 Å². The van der Waals surface area contributed by atoms with Crippen LogP contribution < -0.4 is 0 Å². The molecule has 2 aliphatic rings. The number of benzene rings is 1. The van der Waals surface area contributed by atoms with E-state index in [0.29, 0.717) is 6.42 Å². The van der Waals surface area contributed by atoms with Gasteiger partial charge < -0.3 is 35.0 Å². The number of carbonyl (C=O) groups excluding carboxylic acids is 1. The van der Waals surface area contributed by atoms with Crippen molar-refractivity contribution in [2.24, 2.45) is 5.92 Å². The standard InChI is InChI=1S/C23H28Cl2N2O2S.C4H6O6/c1-26(2)22(28)18(13-16-5-3-4-6-19(16)24)15-27-10-8-23(9-11-27)21-17(7-12-29-23)14-20(25)30-21;5-1(3(7)8)2(6)4(9)10/h3-6,14,18H,7-13,15H2,1-2H3;1-2,5-6H,(H,7,8)(H,9,10). The number of aliphatic hydroxyl groups excluding tert-OH is 2. The smallest absolute Gasteiger partial charge is 0.335 e. The second-order valence-electron chi connectivity index (χ2n) is 10.1. The van der Waals surface area contributed by atoms with E-state index in [4.69, 9.17) is 48.4 Å². The molecule has 0 radical (unpaired) electrons. The molecule has 3 unspecified atom stereocenters. The number of thiophene rings is 1. The maximum atomic E-state index is 12.9. The minimum absolute atomic E-state index is 0.118. The van der Waals surface area contributed by atoms with Crippen molar-refractivity contribution >= 4 is 52.4 Å². The minimum atomic E-state index is -2.27. The van der Waals surface area contributed by atoms with Gasteiger partial charge in [-0.3, -0.25) is 4.79 Å². The topological polar surface area (TPSA) is 148 Å². The van der Waals surface area contributed by atoms with Crippen molar-refractivity contribution in [2.45, 2.75) is 43.5 Å². The number of nitrogens with zero attached hydrogens (tertiary/aromatic N) is 2. The summed E-state index contributed by atoms with van der Waals surface area (Å²) in [5.74, 6) is -3.51. The Bertz CT molecular complexity index is 1180. The molecular weight excluding hydrogens is 583 g/mol. The van der Waals surface area contributed by atoms with Crippen LogP contribution in [0.5, 0.6) is 0 Å². The van der Waals surface area contributed by atoms with Crippen molar-refractivity contribution < 1.29 is 39.5 Å². The summed E-state index contributed by atoms with van der Waals surface area (Å²) in [4.78, 5) is 37.9. The summed E-state index contributed by atoms with van der Waals surface area (Å²) in [6.45, 7) is 3.31. The Hall–Kier alpha value is -2.25. The first-order chi connectivity index (χ1) is 18.8. The monoisotopic (exact) mass is 616 g/mol. The quantitative estimate of drug-likeness (QED) is 0.351. The number of amides is 1. The first-order valence-electron chi connectivity index (χ1n) is 12.8. The van der Waals surface area contributed by atoms with Crippen LogP contribution in [0.3, 0.4) is 0 Å². The molecule has 1 aromatic heterocycles. The Morgan fingerprint density at radius 2 is 1.68 bits per heavy atom. The molecule has 1 aromatic carbocycles. The molecule has 1 spiro atoms. The lowest BCUT2D eigenvalue weighted by atomic mass is 9.85. The Morgan fingerprint density at radius 1 is 1.07 bits per heavy atom. The lowest BCUT2D eigenvalue weighted by Gasteiger charge is -2.44. The van der Waals surface area contributed by atoms with E-state index in [1.807, 2.05) is 38.4 Å². The molecule has 3 heterocycles. The maximum Gasteiger partial charge on any atom is 0.335 e. The molecule has 40 heavy (non-hydrogen) atoms. The third-order valence-electron chi connectivity index (χ3n) is 7.10. The molecule has 1 fully saturated rings. The van der Waals surface area contributed by atoms with Crippen LogP contribution >= 0.6 is 34.5 Å². The number of piperidine rings is 1. The predicted octanol–water partition coefficient (Wildman–Crippen LogP) is 2.74. The zero-order valence-corrected chi connectivity index (χ0v) is 24.6. The maximum absolute atomic E-state index is 12.9. The zero-order valence-electron chi connectivity index (χ0n) is 22.3. The van der Waals surface area contributed by atoms with Gasteiger partial charge in [-0.1, -0.05) is 41.4 Å². The number of aliphatic carboxylic acids is 2. The predicted molar refractivity (Wildman–Crippen MR) is 151 cm³/mol. The van der Waals surface area contributed by atoms with Crippen molar-refractivity contribution in [2.75, 3.05) is 40.3 Å². The normalized spacial score (nSPS) is 18.6. The fraction of sp³-hybridized carbons (Fsp3) is 0.519. The Morgan fingerprint density at radius 3 is 2.23 bits per heavy atom. The molecule has 3 atom stereocenters. The van der Waals surface area contributed by atoms with Gasteiger partial charge in [0.05, 0.1) is 16.9 Å². The van der Waals surface area contributed by atoms with Crippen molar-refractivity contribution in [3.05, 3.63) is 55.7 Å². The van der Waals surface area contributed by atoms with Gasteiger partial charge in [-0.05, 0) is 48.9 Å². The van der Waals surface area contributed by atoms with Gasteiger partial charge in [0, 0.05) is 43.6 Å². The highest BCUT2D eigenvalue weighted by atomic mass is 35.5. The Labute approximate surface area is 246 Å². The zero-order chi connectivity index (χ0) is 29.6. The van der Waals surface area contributed by atoms with Crippen LogP contribution in [-0.4, -0.2) is 101 Å². The van der Waals surface area contributed by atoms with Crippen LogP contribution in [-0.2, 0) is 37.6 Å². The lowest BCUT2D eigenvalue weighted by molar-refractivity contribution is -0.165. The number of carboxylic acid groups (broad SMARTS) is 2. The van der Waals surface area contributed by atoms with Gasteiger partial charge in [0.2, 0.25) is 5.91 Å². The summed E-state index contributed by atoms with van der Waals surface area (Å²) in [5.41, 5.74) is 2.18. The number of aliphatic hydroxyl groups is 2. The molecule has 0 bridgehead atoms. The van der Waals surface area contributed by atoms with Gasteiger partial charge in [0.15, 0.2) is 12.2 Å². The molecule has 13 heteroatoms. The molecule has 220 valence electrons. The summed E-state index contributed by atoms with van der Waals surface area (Å²) in [6.07, 6.45) is -1.06. The summed E-state index contributed by atoms with van der Waals surface area (Å²) in [7, 11) is 3.65. The number of carbonyl (C=O) groups is 3. The van der Waals surface area contributed by atoms with Crippen LogP contribution in [0.4, 0.5) is 0 Å². The Kier molecular flexibility index (Phi) is 11.4. The van der Waals surface area contributed by atoms with Gasteiger partial charge in [-0.2, -0.15) is 0 Å². The molecule has 2 aromatic rings. The second kappa shape index (κ2) is 14.1. The third-order valence-corrected chi connectivity index (χ3v) is 8.96. The van der Waals surface area contributed by atoms with E-state index in [9.17, 15) is 14.4 Å². The summed E-state index contributed by atoms with van der Waals surface area (Å²) < 4.78 is 7.18. The molecule has 1 amide bonds. The number of carboxylic acids is 2. The van der Waals surface area contributed by atoms with Crippen molar-refractivity contribution in [1.29, 1.82) is 0 Å². The average Bonchev–Trinajstić information content (AvgIpc) is 3.31. The highest BCUT2D eigenvalue weighted by Gasteiger charge is 2.43. The van der Waals surface area contributed by atoms with Crippen LogP contribution in [0.2, 0.25) is 9.36 Å². The summed E-state index contributed by atoms with van der Waals surface area (Å²) >= 11 is 14.4. The molecule has 0 aliphatic carbocycles. The Balaban J connectivity index is 0.000000378. The van der Waals surface area contributed by atoms with Gasteiger partial charge in [0.1, 0.15) is 5.60 Å². The number of hydrogen-bond acceptors (Lipinski definition) is 8. The van der Waals surface area contributed by atoms with E-state index < -0.39 is 24.1 Å². The SMILES string of the molecule is CN(C)C(=O)C(Cc1ccccc1Cl)CN1CCC2(CC1)OCCc1cc(Cl)sc12.O=C(O)C(O)C(O)C(=O)O. The third kappa shape index (κ3) is 7.94. The van der Waals surface area contributed by atoms with Crippen molar-refractivity contribution in [3.8, 4) is 0 Å². The summed E-state index contributed by atoms with van der Waals surface area (Å²) in [5, 5.41) is 33.3. The van der Waals surface area contributed by atoms with Crippen LogP contribution in [0.1, 0.15) is 28.8 Å². The molecular formula is C27H34Cl2N2O8S. The number of halogens is 2. The number of hydrogen-bond donors (Lipinski definition) is 4. The molecule has 4 N–H and O–H groups in total. The van der Waals surface area contributed by atoms with E-state index >= 15 is 0 Å². The highest BCUT2D eigenvalue weighted by Crippen LogP contribution is 2.46. The molecule has 2 aliphatic heterocycles. The molecule has 10 nitrogen and oxygen atoms in total. The molecule has 1 saturated heterocycles. The van der Waals surface area contributed by atoms with Crippen LogP contribution in [0, 0.1) is 5.92 Å². The van der Waals surface area contributed by atoms with Crippen molar-refractivity contribution in [1.82, 2.24) is 9.80 Å². The molecule has 4 rings (SSSR count). The first kappa shape index (κ1) is 32.3. The number of fused-ring (bicyclic) bond motifs is 2. The van der Waals surface area contributed by atoms with Gasteiger partial charge in [-0.25, -0.2) is 9.59 Å². The largest absolute Gasteiger partial charge is 0.479 e. The van der Waals surface area contributed by atoms with Crippen LogP contribution in [0.15, 0.2) is 30.3 Å². The van der Waals surface area contributed by atoms with Crippen molar-refractivity contribution in [3.63, 3.8) is 0 Å². The lowest BCUT2D eigenvalue weighted by Crippen LogP contribution is -2.48. The first-order valence-corrected chi connectivity index (χ1v) is 14.3. The fourth-order valence-electron chi connectivity index (χ4n) is 4.96.